The van der Waals surface area contributed by atoms with E-state index >= 15 is 0 Å². The summed E-state index contributed by atoms with van der Waals surface area (Å²) in [7, 11) is 0. The number of thioether (sulfide) groups is 1. The molecule has 2 saturated carbocycles. The molecule has 6 heteroatoms. The minimum Gasteiger partial charge on any atom is -0.481 e. The number of nitrogens with zero attached hydrogens (tertiary/aromatic N) is 2. The van der Waals surface area contributed by atoms with Gasteiger partial charge >= 0.3 is 5.97 Å². The van der Waals surface area contributed by atoms with E-state index in [-0.39, 0.29) is 11.8 Å². The first kappa shape index (κ1) is 12.0. The van der Waals surface area contributed by atoms with Crippen molar-refractivity contribution in [2.75, 3.05) is 0 Å². The van der Waals surface area contributed by atoms with Crippen LogP contribution in [0.1, 0.15) is 49.7 Å². The van der Waals surface area contributed by atoms with E-state index < -0.39 is 5.97 Å². The van der Waals surface area contributed by atoms with E-state index in [9.17, 15) is 4.79 Å². The van der Waals surface area contributed by atoms with E-state index in [0.717, 1.165) is 11.0 Å². The Hall–Kier alpha value is -1.04. The summed E-state index contributed by atoms with van der Waals surface area (Å²) in [6.45, 7) is 0. The highest BCUT2D eigenvalue weighted by atomic mass is 32.2. The first-order valence-electron chi connectivity index (χ1n) is 6.41. The van der Waals surface area contributed by atoms with Gasteiger partial charge in [-0.25, -0.2) is 0 Å². The Balaban J connectivity index is 1.52. The van der Waals surface area contributed by atoms with Crippen LogP contribution >= 0.6 is 11.8 Å². The lowest BCUT2D eigenvalue weighted by molar-refractivity contribution is -0.138. The van der Waals surface area contributed by atoms with Crippen molar-refractivity contribution in [1.82, 2.24) is 10.1 Å². The van der Waals surface area contributed by atoms with E-state index in [0.29, 0.717) is 18.1 Å². The zero-order valence-electron chi connectivity index (χ0n) is 10.0. The standard InChI is InChI=1S/C12H16N2O3S/c15-12(16)9-5-8(9)11-13-10(14-17-11)6-18-7-3-1-2-4-7/h7-9H,1-6H2,(H,15,16). The zero-order valence-corrected chi connectivity index (χ0v) is 10.9. The van der Waals surface area contributed by atoms with Crippen LogP contribution in [0.4, 0.5) is 0 Å². The van der Waals surface area contributed by atoms with Crippen LogP contribution in [0.5, 0.6) is 0 Å². The summed E-state index contributed by atoms with van der Waals surface area (Å²) in [6.07, 6.45) is 5.87. The van der Waals surface area contributed by atoms with Crippen molar-refractivity contribution >= 4 is 17.7 Å². The van der Waals surface area contributed by atoms with Crippen LogP contribution in [0.15, 0.2) is 4.52 Å². The SMILES string of the molecule is O=C(O)C1CC1c1nc(CSC2CCCC2)no1. The third kappa shape index (κ3) is 2.53. The molecule has 1 aromatic rings. The maximum absolute atomic E-state index is 10.8. The van der Waals surface area contributed by atoms with Crippen molar-refractivity contribution in [3.8, 4) is 0 Å². The molecule has 2 unspecified atom stereocenters. The van der Waals surface area contributed by atoms with Crippen LogP contribution in [0.25, 0.3) is 0 Å². The average molecular weight is 268 g/mol. The molecule has 0 bridgehead atoms. The highest BCUT2D eigenvalue weighted by molar-refractivity contribution is 7.99. The molecule has 3 rings (SSSR count). The molecule has 1 heterocycles. The number of hydrogen-bond donors (Lipinski definition) is 1. The molecule has 0 spiro atoms. The fraction of sp³-hybridized carbons (Fsp3) is 0.750. The van der Waals surface area contributed by atoms with Gasteiger partial charge in [-0.2, -0.15) is 16.7 Å². The summed E-state index contributed by atoms with van der Waals surface area (Å²) in [5, 5.41) is 13.5. The van der Waals surface area contributed by atoms with Gasteiger partial charge in [-0.05, 0) is 19.3 Å². The van der Waals surface area contributed by atoms with Gasteiger partial charge in [0.25, 0.3) is 0 Å². The number of aliphatic carboxylic acids is 1. The maximum atomic E-state index is 10.8. The molecule has 1 aromatic heterocycles. The first-order chi connectivity index (χ1) is 8.74. The largest absolute Gasteiger partial charge is 0.481 e. The second-order valence-electron chi connectivity index (χ2n) is 5.05. The summed E-state index contributed by atoms with van der Waals surface area (Å²) < 4.78 is 5.15. The first-order valence-corrected chi connectivity index (χ1v) is 7.46. The van der Waals surface area contributed by atoms with Gasteiger partial charge in [0, 0.05) is 5.25 Å². The van der Waals surface area contributed by atoms with Crippen molar-refractivity contribution in [3.63, 3.8) is 0 Å². The third-order valence-corrected chi connectivity index (χ3v) is 5.03. The lowest BCUT2D eigenvalue weighted by atomic mass is 10.3. The van der Waals surface area contributed by atoms with E-state index in [4.69, 9.17) is 9.63 Å². The molecule has 0 amide bonds. The molecule has 2 atom stereocenters. The van der Waals surface area contributed by atoms with Crippen molar-refractivity contribution in [3.05, 3.63) is 11.7 Å². The Kier molecular flexibility index (Phi) is 3.28. The summed E-state index contributed by atoms with van der Waals surface area (Å²) in [5.74, 6) is 0.849. The van der Waals surface area contributed by atoms with Crippen LogP contribution in [-0.4, -0.2) is 26.5 Å². The highest BCUT2D eigenvalue weighted by Gasteiger charge is 2.48. The third-order valence-electron chi connectivity index (χ3n) is 3.66. The van der Waals surface area contributed by atoms with E-state index in [1.165, 1.54) is 25.7 Å². The molecule has 0 saturated heterocycles. The van der Waals surface area contributed by atoms with Gasteiger partial charge in [-0.3, -0.25) is 4.79 Å². The number of carboxylic acids is 1. The topological polar surface area (TPSA) is 76.2 Å². The van der Waals surface area contributed by atoms with Crippen LogP contribution < -0.4 is 0 Å². The van der Waals surface area contributed by atoms with E-state index in [1.54, 1.807) is 0 Å². The molecule has 0 radical (unpaired) electrons. The second-order valence-corrected chi connectivity index (χ2v) is 6.34. The Morgan fingerprint density at radius 2 is 2.22 bits per heavy atom. The molecule has 98 valence electrons. The Morgan fingerprint density at radius 1 is 1.44 bits per heavy atom. The van der Waals surface area contributed by atoms with Crippen LogP contribution in [0.2, 0.25) is 0 Å². The fourth-order valence-corrected chi connectivity index (χ4v) is 3.63. The number of hydrogen-bond acceptors (Lipinski definition) is 5. The van der Waals surface area contributed by atoms with Crippen LogP contribution in [-0.2, 0) is 10.5 Å². The Labute approximate surface area is 109 Å². The second kappa shape index (κ2) is 4.91. The summed E-state index contributed by atoms with van der Waals surface area (Å²) in [5.41, 5.74) is 0. The Morgan fingerprint density at radius 3 is 2.89 bits per heavy atom. The van der Waals surface area contributed by atoms with Crippen molar-refractivity contribution in [1.29, 1.82) is 0 Å². The predicted octanol–water partition coefficient (Wildman–Crippen LogP) is 2.43. The van der Waals surface area contributed by atoms with Gasteiger partial charge in [0.1, 0.15) is 0 Å². The molecule has 18 heavy (non-hydrogen) atoms. The summed E-state index contributed by atoms with van der Waals surface area (Å²) in [6, 6.07) is 0. The molecule has 0 aromatic carbocycles. The van der Waals surface area contributed by atoms with Crippen molar-refractivity contribution in [2.45, 2.75) is 49.0 Å². The number of carboxylic acid groups (broad SMARTS) is 1. The molecule has 2 aliphatic rings. The average Bonchev–Trinajstić information content (AvgIpc) is 2.78. The zero-order chi connectivity index (χ0) is 12.5. The summed E-state index contributed by atoms with van der Waals surface area (Å²) >= 11 is 1.89. The van der Waals surface area contributed by atoms with Crippen LogP contribution in [0.3, 0.4) is 0 Å². The quantitative estimate of drug-likeness (QED) is 0.883. The molecule has 2 aliphatic carbocycles. The van der Waals surface area contributed by atoms with E-state index in [1.807, 2.05) is 11.8 Å². The van der Waals surface area contributed by atoms with Gasteiger partial charge < -0.3 is 9.63 Å². The maximum Gasteiger partial charge on any atom is 0.307 e. The van der Waals surface area contributed by atoms with Gasteiger partial charge in [0.15, 0.2) is 5.82 Å². The van der Waals surface area contributed by atoms with Gasteiger partial charge in [0.05, 0.1) is 17.6 Å². The van der Waals surface area contributed by atoms with Gasteiger partial charge in [0.2, 0.25) is 5.89 Å². The van der Waals surface area contributed by atoms with Gasteiger partial charge in [-0.1, -0.05) is 18.0 Å². The smallest absolute Gasteiger partial charge is 0.307 e. The monoisotopic (exact) mass is 268 g/mol. The molecular formula is C12H16N2O3S. The van der Waals surface area contributed by atoms with Crippen LogP contribution in [0, 0.1) is 5.92 Å². The van der Waals surface area contributed by atoms with Gasteiger partial charge in [-0.15, -0.1) is 0 Å². The van der Waals surface area contributed by atoms with E-state index in [2.05, 4.69) is 10.1 Å². The number of carbonyl (C=O) groups is 1. The number of rotatable bonds is 5. The lowest BCUT2D eigenvalue weighted by Gasteiger charge is -2.04. The minimum atomic E-state index is -0.764. The molecule has 5 nitrogen and oxygen atoms in total. The normalized spacial score (nSPS) is 27.6. The minimum absolute atomic E-state index is 0.0553. The van der Waals surface area contributed by atoms with Crippen molar-refractivity contribution in [2.24, 2.45) is 5.92 Å². The molecular weight excluding hydrogens is 252 g/mol. The molecule has 2 fully saturated rings. The molecule has 0 aliphatic heterocycles. The lowest BCUT2D eigenvalue weighted by Crippen LogP contribution is -1.99. The highest BCUT2D eigenvalue weighted by Crippen LogP contribution is 2.46. The molecule has 1 N–H and O–H groups in total. The fourth-order valence-electron chi connectivity index (χ4n) is 2.46. The summed E-state index contributed by atoms with van der Waals surface area (Å²) in [4.78, 5) is 15.1. The number of aromatic nitrogens is 2. The predicted molar refractivity (Wildman–Crippen MR) is 66.3 cm³/mol. The Bertz CT molecular complexity index is 442. The van der Waals surface area contributed by atoms with Crippen molar-refractivity contribution < 1.29 is 14.4 Å².